The number of thiazole rings is 1. The normalized spacial score (nSPS) is 25.1. The minimum absolute atomic E-state index is 0.803. The van der Waals surface area contributed by atoms with Gasteiger partial charge in [-0.25, -0.2) is 4.98 Å². The molecule has 1 aromatic rings. The molecule has 2 atom stereocenters. The van der Waals surface area contributed by atoms with Crippen molar-refractivity contribution in [1.29, 1.82) is 0 Å². The van der Waals surface area contributed by atoms with E-state index >= 15 is 0 Å². The monoisotopic (exact) mass is 239 g/mol. The molecule has 0 amide bonds. The molecule has 1 aliphatic heterocycles. The number of rotatable bonds is 5. The average Bonchev–Trinajstić information content (AvgIpc) is 2.83. The van der Waals surface area contributed by atoms with Crippen molar-refractivity contribution in [2.24, 2.45) is 11.8 Å². The van der Waals surface area contributed by atoms with Crippen molar-refractivity contribution in [2.45, 2.75) is 20.3 Å². The second-order valence-corrected chi connectivity index (χ2v) is 5.77. The maximum Gasteiger partial charge on any atom is 0.0897 e. The van der Waals surface area contributed by atoms with Crippen LogP contribution in [0.15, 0.2) is 5.38 Å². The van der Waals surface area contributed by atoms with E-state index in [9.17, 15) is 0 Å². The summed E-state index contributed by atoms with van der Waals surface area (Å²) in [5, 5.41) is 10.3. The zero-order valence-electron chi connectivity index (χ0n) is 10.1. The van der Waals surface area contributed by atoms with Gasteiger partial charge < -0.3 is 10.6 Å². The molecule has 0 bridgehead atoms. The Hall–Kier alpha value is -0.450. The molecule has 0 spiro atoms. The van der Waals surface area contributed by atoms with Gasteiger partial charge in [-0.2, -0.15) is 0 Å². The lowest BCUT2D eigenvalue weighted by Gasteiger charge is -2.14. The molecule has 3 nitrogen and oxygen atoms in total. The van der Waals surface area contributed by atoms with Gasteiger partial charge in [0.1, 0.15) is 0 Å². The third-order valence-corrected chi connectivity index (χ3v) is 4.13. The number of hydrogen-bond donors (Lipinski definition) is 2. The Morgan fingerprint density at radius 2 is 2.44 bits per heavy atom. The molecular weight excluding hydrogens is 218 g/mol. The van der Waals surface area contributed by atoms with Crippen LogP contribution in [0.1, 0.15) is 17.6 Å². The van der Waals surface area contributed by atoms with Crippen molar-refractivity contribution in [3.63, 3.8) is 0 Å². The summed E-state index contributed by atoms with van der Waals surface area (Å²) in [5.74, 6) is 1.62. The van der Waals surface area contributed by atoms with Crippen molar-refractivity contribution in [3.05, 3.63) is 16.1 Å². The highest BCUT2D eigenvalue weighted by molar-refractivity contribution is 7.09. The molecular formula is C12H21N3S. The third kappa shape index (κ3) is 3.27. The molecule has 2 rings (SSSR count). The van der Waals surface area contributed by atoms with E-state index in [1.165, 1.54) is 23.8 Å². The first-order valence-electron chi connectivity index (χ1n) is 6.08. The molecule has 2 N–H and O–H groups in total. The van der Waals surface area contributed by atoms with Crippen LogP contribution in [-0.2, 0) is 6.42 Å². The van der Waals surface area contributed by atoms with Gasteiger partial charge in [-0.15, -0.1) is 11.3 Å². The van der Waals surface area contributed by atoms with Crippen LogP contribution in [0.5, 0.6) is 0 Å². The topological polar surface area (TPSA) is 37.0 Å². The van der Waals surface area contributed by atoms with E-state index in [0.717, 1.165) is 31.3 Å². The molecule has 0 aliphatic carbocycles. The van der Waals surface area contributed by atoms with Crippen molar-refractivity contribution < 1.29 is 0 Å². The SMILES string of the molecule is Cc1nc(CCNCC2CNCC2C)cs1. The van der Waals surface area contributed by atoms with Crippen LogP contribution >= 0.6 is 11.3 Å². The van der Waals surface area contributed by atoms with Crippen LogP contribution in [0, 0.1) is 18.8 Å². The summed E-state index contributed by atoms with van der Waals surface area (Å²) in [6.07, 6.45) is 1.05. The number of aryl methyl sites for hydroxylation is 1. The van der Waals surface area contributed by atoms with E-state index in [1.54, 1.807) is 11.3 Å². The van der Waals surface area contributed by atoms with Crippen molar-refractivity contribution >= 4 is 11.3 Å². The number of aromatic nitrogens is 1. The fourth-order valence-electron chi connectivity index (χ4n) is 2.16. The summed E-state index contributed by atoms with van der Waals surface area (Å²) in [4.78, 5) is 4.46. The lowest BCUT2D eigenvalue weighted by Crippen LogP contribution is -2.28. The quantitative estimate of drug-likeness (QED) is 0.764. The summed E-state index contributed by atoms with van der Waals surface area (Å²) in [7, 11) is 0. The molecule has 1 saturated heterocycles. The Morgan fingerprint density at radius 1 is 1.56 bits per heavy atom. The van der Waals surface area contributed by atoms with E-state index in [2.05, 4.69) is 34.8 Å². The van der Waals surface area contributed by atoms with Crippen LogP contribution in [0.4, 0.5) is 0 Å². The Bertz CT molecular complexity index is 324. The highest BCUT2D eigenvalue weighted by Gasteiger charge is 2.21. The summed E-state index contributed by atoms with van der Waals surface area (Å²) in [5.41, 5.74) is 1.23. The van der Waals surface area contributed by atoms with Gasteiger partial charge >= 0.3 is 0 Å². The van der Waals surface area contributed by atoms with Gasteiger partial charge in [0.05, 0.1) is 10.7 Å². The maximum absolute atomic E-state index is 4.46. The minimum Gasteiger partial charge on any atom is -0.316 e. The summed E-state index contributed by atoms with van der Waals surface area (Å²) in [6, 6.07) is 0. The van der Waals surface area contributed by atoms with Crippen molar-refractivity contribution in [1.82, 2.24) is 15.6 Å². The standard InChI is InChI=1S/C12H21N3S/c1-9-5-14-7-11(9)6-13-4-3-12-8-16-10(2)15-12/h8-9,11,13-14H,3-7H2,1-2H3. The zero-order chi connectivity index (χ0) is 11.4. The van der Waals surface area contributed by atoms with Gasteiger partial charge in [0.25, 0.3) is 0 Å². The average molecular weight is 239 g/mol. The molecule has 4 heteroatoms. The van der Waals surface area contributed by atoms with Crippen molar-refractivity contribution in [3.8, 4) is 0 Å². The molecule has 1 fully saturated rings. The Balaban J connectivity index is 1.61. The van der Waals surface area contributed by atoms with Gasteiger partial charge in [-0.1, -0.05) is 6.92 Å². The first-order chi connectivity index (χ1) is 7.75. The maximum atomic E-state index is 4.46. The highest BCUT2D eigenvalue weighted by Crippen LogP contribution is 2.14. The fourth-order valence-corrected chi connectivity index (χ4v) is 2.81. The van der Waals surface area contributed by atoms with Crippen LogP contribution < -0.4 is 10.6 Å². The Kier molecular flexibility index (Phi) is 4.32. The lowest BCUT2D eigenvalue weighted by molar-refractivity contribution is 0.422. The first-order valence-corrected chi connectivity index (χ1v) is 6.96. The lowest BCUT2D eigenvalue weighted by atomic mass is 9.98. The van der Waals surface area contributed by atoms with Gasteiger partial charge in [-0.3, -0.25) is 0 Å². The van der Waals surface area contributed by atoms with E-state index < -0.39 is 0 Å². The van der Waals surface area contributed by atoms with Gasteiger partial charge in [0, 0.05) is 18.3 Å². The van der Waals surface area contributed by atoms with Crippen molar-refractivity contribution in [2.75, 3.05) is 26.2 Å². The molecule has 90 valence electrons. The molecule has 1 aliphatic rings. The molecule has 1 aromatic heterocycles. The zero-order valence-corrected chi connectivity index (χ0v) is 10.9. The minimum atomic E-state index is 0.803. The highest BCUT2D eigenvalue weighted by atomic mass is 32.1. The van der Waals surface area contributed by atoms with Crippen LogP contribution in [0.2, 0.25) is 0 Å². The third-order valence-electron chi connectivity index (χ3n) is 3.31. The molecule has 0 saturated carbocycles. The fraction of sp³-hybridized carbons (Fsp3) is 0.750. The molecule has 0 aromatic carbocycles. The second-order valence-electron chi connectivity index (χ2n) is 4.71. The molecule has 0 radical (unpaired) electrons. The van der Waals surface area contributed by atoms with Crippen LogP contribution in [-0.4, -0.2) is 31.2 Å². The van der Waals surface area contributed by atoms with E-state index in [4.69, 9.17) is 0 Å². The predicted octanol–water partition coefficient (Wildman–Crippen LogP) is 1.44. The summed E-state index contributed by atoms with van der Waals surface area (Å²) < 4.78 is 0. The summed E-state index contributed by atoms with van der Waals surface area (Å²) >= 11 is 1.74. The first kappa shape index (κ1) is 12.0. The Labute approximate surface area is 102 Å². The van der Waals surface area contributed by atoms with Crippen LogP contribution in [0.3, 0.4) is 0 Å². The van der Waals surface area contributed by atoms with Gasteiger partial charge in [0.2, 0.25) is 0 Å². The predicted molar refractivity (Wildman–Crippen MR) is 68.9 cm³/mol. The molecule has 2 heterocycles. The number of hydrogen-bond acceptors (Lipinski definition) is 4. The second kappa shape index (κ2) is 5.75. The smallest absolute Gasteiger partial charge is 0.0897 e. The van der Waals surface area contributed by atoms with Gasteiger partial charge in [0.15, 0.2) is 0 Å². The number of nitrogens with one attached hydrogen (secondary N) is 2. The molecule has 16 heavy (non-hydrogen) atoms. The number of nitrogens with zero attached hydrogens (tertiary/aromatic N) is 1. The largest absolute Gasteiger partial charge is 0.316 e. The van der Waals surface area contributed by atoms with Crippen LogP contribution in [0.25, 0.3) is 0 Å². The van der Waals surface area contributed by atoms with E-state index in [1.807, 2.05) is 0 Å². The van der Waals surface area contributed by atoms with E-state index in [0.29, 0.717) is 0 Å². The van der Waals surface area contributed by atoms with E-state index in [-0.39, 0.29) is 0 Å². The molecule has 2 unspecified atom stereocenters. The summed E-state index contributed by atoms with van der Waals surface area (Å²) in [6.45, 7) is 8.93. The Morgan fingerprint density at radius 3 is 3.06 bits per heavy atom. The van der Waals surface area contributed by atoms with Gasteiger partial charge in [-0.05, 0) is 38.4 Å².